The van der Waals surface area contributed by atoms with Gasteiger partial charge in [0.25, 0.3) is 5.91 Å². The normalized spacial score (nSPS) is 16.9. The third-order valence-electron chi connectivity index (χ3n) is 3.60. The van der Waals surface area contributed by atoms with E-state index < -0.39 is 40.0 Å². The maximum atomic E-state index is 12.8. The first kappa shape index (κ1) is 18.5. The van der Waals surface area contributed by atoms with Gasteiger partial charge in [-0.25, -0.2) is 8.42 Å². The van der Waals surface area contributed by atoms with Crippen LogP contribution >= 0.6 is 0 Å². The van der Waals surface area contributed by atoms with Crippen molar-refractivity contribution in [3.63, 3.8) is 0 Å². The predicted molar refractivity (Wildman–Crippen MR) is 79.9 cm³/mol. The third-order valence-corrected chi connectivity index (χ3v) is 4.91. The van der Waals surface area contributed by atoms with Crippen molar-refractivity contribution >= 4 is 15.9 Å². The lowest BCUT2D eigenvalue weighted by atomic mass is 10.2. The molecule has 1 fully saturated rings. The molecule has 0 bridgehead atoms. The maximum absolute atomic E-state index is 12.8. The molecule has 2 rings (SSSR count). The molecule has 134 valence electrons. The van der Waals surface area contributed by atoms with Gasteiger partial charge in [0, 0.05) is 26.2 Å². The highest BCUT2D eigenvalue weighted by molar-refractivity contribution is 7.88. The lowest BCUT2D eigenvalue weighted by Gasteiger charge is -2.33. The fraction of sp³-hybridized carbons (Fsp3) is 0.500. The van der Waals surface area contributed by atoms with E-state index in [-0.39, 0.29) is 26.2 Å². The van der Waals surface area contributed by atoms with Gasteiger partial charge in [-0.15, -0.1) is 0 Å². The highest BCUT2D eigenvalue weighted by atomic mass is 32.2. The van der Waals surface area contributed by atoms with Crippen LogP contribution in [0, 0.1) is 0 Å². The summed E-state index contributed by atoms with van der Waals surface area (Å²) in [6, 6.07) is 4.66. The lowest BCUT2D eigenvalue weighted by Crippen LogP contribution is -2.51. The zero-order valence-corrected chi connectivity index (χ0v) is 13.7. The minimum atomic E-state index is -4.57. The molecular weight excluding hydrogens is 349 g/mol. The molecule has 1 aliphatic rings. The molecule has 24 heavy (non-hydrogen) atoms. The van der Waals surface area contributed by atoms with E-state index in [0.717, 1.165) is 18.4 Å². The molecule has 0 spiro atoms. The standard InChI is InChI=1S/C14H17F3N2O4S/c1-24(21,22)19-8-6-18(7-9-19)13(20)10-23-12-5-3-2-4-11(12)14(15,16)17/h2-5H,6-10H2,1H3. The Balaban J connectivity index is 1.94. The van der Waals surface area contributed by atoms with Crippen LogP contribution in [-0.4, -0.2) is 62.6 Å². The number of carbonyl (C=O) groups excluding carboxylic acids is 1. The van der Waals surface area contributed by atoms with Crippen LogP contribution in [-0.2, 0) is 21.0 Å². The summed E-state index contributed by atoms with van der Waals surface area (Å²) in [5.41, 5.74) is -0.945. The molecule has 0 aromatic heterocycles. The van der Waals surface area contributed by atoms with Crippen LogP contribution in [0.15, 0.2) is 24.3 Å². The van der Waals surface area contributed by atoms with Gasteiger partial charge in [0.1, 0.15) is 5.75 Å². The number of nitrogens with zero attached hydrogens (tertiary/aromatic N) is 2. The Morgan fingerprint density at radius 2 is 1.75 bits per heavy atom. The molecule has 6 nitrogen and oxygen atoms in total. The summed E-state index contributed by atoms with van der Waals surface area (Å²) in [5, 5.41) is 0. The summed E-state index contributed by atoms with van der Waals surface area (Å²) in [7, 11) is -3.31. The lowest BCUT2D eigenvalue weighted by molar-refractivity contribution is -0.141. The quantitative estimate of drug-likeness (QED) is 0.803. The van der Waals surface area contributed by atoms with Crippen LogP contribution in [0.3, 0.4) is 0 Å². The molecule has 0 N–H and O–H groups in total. The summed E-state index contributed by atoms with van der Waals surface area (Å²) in [6.45, 7) is 0.131. The minimum absolute atomic E-state index is 0.156. The first-order valence-electron chi connectivity index (χ1n) is 7.11. The summed E-state index contributed by atoms with van der Waals surface area (Å²) < 4.78 is 67.6. The average Bonchev–Trinajstić information content (AvgIpc) is 2.51. The van der Waals surface area contributed by atoms with Crippen LogP contribution < -0.4 is 4.74 Å². The molecule has 0 radical (unpaired) electrons. The smallest absolute Gasteiger partial charge is 0.419 e. The largest absolute Gasteiger partial charge is 0.483 e. The molecule has 1 aromatic rings. The molecule has 0 unspecified atom stereocenters. The van der Waals surface area contributed by atoms with Crippen LogP contribution in [0.1, 0.15) is 5.56 Å². The van der Waals surface area contributed by atoms with Gasteiger partial charge in [-0.3, -0.25) is 4.79 Å². The summed E-state index contributed by atoms with van der Waals surface area (Å²) in [4.78, 5) is 13.4. The van der Waals surface area contributed by atoms with Crippen molar-refractivity contribution in [3.8, 4) is 5.75 Å². The monoisotopic (exact) mass is 366 g/mol. The number of sulfonamides is 1. The Morgan fingerprint density at radius 1 is 1.17 bits per heavy atom. The Morgan fingerprint density at radius 3 is 2.29 bits per heavy atom. The van der Waals surface area contributed by atoms with Crippen molar-refractivity contribution in [1.82, 2.24) is 9.21 Å². The first-order chi connectivity index (χ1) is 11.1. The molecule has 1 heterocycles. The second-order valence-corrected chi connectivity index (χ2v) is 7.31. The molecule has 0 atom stereocenters. The van der Waals surface area contributed by atoms with Crippen molar-refractivity contribution < 1.29 is 31.1 Å². The Bertz CT molecular complexity index is 698. The zero-order valence-electron chi connectivity index (χ0n) is 12.9. The number of hydrogen-bond donors (Lipinski definition) is 0. The van der Waals surface area contributed by atoms with Crippen LogP contribution in [0.4, 0.5) is 13.2 Å². The number of amides is 1. The van der Waals surface area contributed by atoms with E-state index >= 15 is 0 Å². The number of rotatable bonds is 4. The molecule has 1 aliphatic heterocycles. The van der Waals surface area contributed by atoms with Gasteiger partial charge in [-0.05, 0) is 12.1 Å². The van der Waals surface area contributed by atoms with Crippen LogP contribution in [0.2, 0.25) is 0 Å². The van der Waals surface area contributed by atoms with Crippen LogP contribution in [0.5, 0.6) is 5.75 Å². The highest BCUT2D eigenvalue weighted by Gasteiger charge is 2.34. The summed E-state index contributed by atoms with van der Waals surface area (Å²) in [6.07, 6.45) is -3.48. The van der Waals surface area contributed by atoms with Crippen molar-refractivity contribution in [2.24, 2.45) is 0 Å². The Labute approximate surface area is 137 Å². The third kappa shape index (κ3) is 4.60. The van der Waals surface area contributed by atoms with Crippen LogP contribution in [0.25, 0.3) is 0 Å². The predicted octanol–water partition coefficient (Wildman–Crippen LogP) is 1.19. The van der Waals surface area contributed by atoms with E-state index in [9.17, 15) is 26.4 Å². The van der Waals surface area contributed by atoms with Gasteiger partial charge < -0.3 is 9.64 Å². The van der Waals surface area contributed by atoms with Crippen molar-refractivity contribution in [2.75, 3.05) is 39.0 Å². The van der Waals surface area contributed by atoms with Gasteiger partial charge in [0.05, 0.1) is 11.8 Å². The molecule has 1 saturated heterocycles. The Kier molecular flexibility index (Phi) is 5.38. The average molecular weight is 366 g/mol. The summed E-state index contributed by atoms with van der Waals surface area (Å²) >= 11 is 0. The first-order valence-corrected chi connectivity index (χ1v) is 8.96. The van der Waals surface area contributed by atoms with Gasteiger partial charge in [0.15, 0.2) is 6.61 Å². The maximum Gasteiger partial charge on any atom is 0.419 e. The van der Waals surface area contributed by atoms with E-state index in [4.69, 9.17) is 4.74 Å². The van der Waals surface area contributed by atoms with E-state index in [0.29, 0.717) is 0 Å². The van der Waals surface area contributed by atoms with Crippen molar-refractivity contribution in [1.29, 1.82) is 0 Å². The number of benzene rings is 1. The number of alkyl halides is 3. The van der Waals surface area contributed by atoms with Crippen molar-refractivity contribution in [2.45, 2.75) is 6.18 Å². The van der Waals surface area contributed by atoms with Gasteiger partial charge in [0.2, 0.25) is 10.0 Å². The molecule has 0 saturated carbocycles. The number of para-hydroxylation sites is 1. The number of piperazine rings is 1. The molecule has 1 aromatic carbocycles. The summed E-state index contributed by atoms with van der Waals surface area (Å²) in [5.74, 6) is -0.895. The molecule has 10 heteroatoms. The second kappa shape index (κ2) is 6.98. The highest BCUT2D eigenvalue weighted by Crippen LogP contribution is 2.35. The van der Waals surface area contributed by atoms with E-state index in [1.165, 1.54) is 21.3 Å². The number of halogens is 3. The van der Waals surface area contributed by atoms with Gasteiger partial charge >= 0.3 is 6.18 Å². The topological polar surface area (TPSA) is 66.9 Å². The van der Waals surface area contributed by atoms with E-state index in [2.05, 4.69) is 0 Å². The number of hydrogen-bond acceptors (Lipinski definition) is 4. The minimum Gasteiger partial charge on any atom is -0.483 e. The van der Waals surface area contributed by atoms with Crippen molar-refractivity contribution in [3.05, 3.63) is 29.8 Å². The zero-order chi connectivity index (χ0) is 18.0. The fourth-order valence-corrected chi connectivity index (χ4v) is 3.15. The SMILES string of the molecule is CS(=O)(=O)N1CCN(C(=O)COc2ccccc2C(F)(F)F)CC1. The molecule has 0 aliphatic carbocycles. The molecule has 1 amide bonds. The second-order valence-electron chi connectivity index (χ2n) is 5.33. The number of carbonyl (C=O) groups is 1. The van der Waals surface area contributed by atoms with Gasteiger partial charge in [-0.1, -0.05) is 12.1 Å². The van der Waals surface area contributed by atoms with E-state index in [1.54, 1.807) is 0 Å². The van der Waals surface area contributed by atoms with E-state index in [1.807, 2.05) is 0 Å². The fourth-order valence-electron chi connectivity index (χ4n) is 2.33. The van der Waals surface area contributed by atoms with Gasteiger partial charge in [-0.2, -0.15) is 17.5 Å². The Hall–Kier alpha value is -1.81. The molecular formula is C14H17F3N2O4S. The number of ether oxygens (including phenoxy) is 1.